The fourth-order valence-corrected chi connectivity index (χ4v) is 8.66. The van der Waals surface area contributed by atoms with Gasteiger partial charge in [-0.25, -0.2) is 9.69 Å². The van der Waals surface area contributed by atoms with Crippen LogP contribution in [0.1, 0.15) is 60.0 Å². The maximum absolute atomic E-state index is 14.1. The SMILES string of the molecule is CCOC(=O)c1ccc(NC(=O)Cn2c3c(sc2=O)[C@H](c2ccc(C(C)(C)C)cc2)C2C(=O)N(c4ccccc4)C(=O)C2S3)cc1. The molecule has 6 rings (SSSR count). The second-order valence-corrected chi connectivity index (χ2v) is 14.4. The number of esters is 1. The molecule has 3 amide bonds. The average Bonchev–Trinajstić information content (AvgIpc) is 3.47. The molecule has 0 aliphatic carbocycles. The molecule has 1 saturated heterocycles. The first-order chi connectivity index (χ1) is 22.0. The van der Waals surface area contributed by atoms with Gasteiger partial charge < -0.3 is 10.1 Å². The van der Waals surface area contributed by atoms with Crippen molar-refractivity contribution < 1.29 is 23.9 Å². The van der Waals surface area contributed by atoms with Crippen LogP contribution >= 0.6 is 23.1 Å². The van der Waals surface area contributed by atoms with Crippen LogP contribution in [0, 0.1) is 5.92 Å². The van der Waals surface area contributed by atoms with Crippen LogP contribution in [0.4, 0.5) is 11.4 Å². The molecule has 3 aromatic carbocycles. The quantitative estimate of drug-likeness (QED) is 0.197. The van der Waals surface area contributed by atoms with Gasteiger partial charge in [-0.05, 0) is 59.9 Å². The van der Waals surface area contributed by atoms with E-state index in [0.717, 1.165) is 22.5 Å². The van der Waals surface area contributed by atoms with Crippen molar-refractivity contribution in [3.05, 3.63) is 110 Å². The van der Waals surface area contributed by atoms with Crippen molar-refractivity contribution in [2.24, 2.45) is 5.92 Å². The van der Waals surface area contributed by atoms with Gasteiger partial charge in [0.05, 0.1) is 28.8 Å². The zero-order valence-corrected chi connectivity index (χ0v) is 27.4. The number of imide groups is 1. The number of anilines is 2. The minimum Gasteiger partial charge on any atom is -0.462 e. The Kier molecular flexibility index (Phi) is 8.47. The van der Waals surface area contributed by atoms with E-state index < -0.39 is 29.0 Å². The normalized spacial score (nSPS) is 19.0. The molecule has 236 valence electrons. The van der Waals surface area contributed by atoms with E-state index >= 15 is 0 Å². The molecular weight excluding hydrogens is 623 g/mol. The highest BCUT2D eigenvalue weighted by Gasteiger charge is 2.56. The summed E-state index contributed by atoms with van der Waals surface area (Å²) in [5.41, 5.74) is 3.18. The van der Waals surface area contributed by atoms with Crippen LogP contribution in [-0.2, 0) is 31.1 Å². The number of rotatable bonds is 7. The molecule has 4 aromatic rings. The Morgan fingerprint density at radius 2 is 1.57 bits per heavy atom. The summed E-state index contributed by atoms with van der Waals surface area (Å²) < 4.78 is 6.40. The zero-order valence-electron chi connectivity index (χ0n) is 25.8. The number of amides is 3. The lowest BCUT2D eigenvalue weighted by atomic mass is 9.81. The molecule has 1 N–H and O–H groups in total. The lowest BCUT2D eigenvalue weighted by Crippen LogP contribution is -2.33. The van der Waals surface area contributed by atoms with Gasteiger partial charge in [0.1, 0.15) is 11.8 Å². The number of hydrogen-bond donors (Lipinski definition) is 1. The van der Waals surface area contributed by atoms with Gasteiger partial charge in [-0.1, -0.05) is 86.3 Å². The first-order valence-electron chi connectivity index (χ1n) is 15.0. The highest BCUT2D eigenvalue weighted by atomic mass is 32.2. The van der Waals surface area contributed by atoms with Crippen molar-refractivity contribution >= 4 is 58.2 Å². The maximum Gasteiger partial charge on any atom is 0.338 e. The predicted octanol–water partition coefficient (Wildman–Crippen LogP) is 5.82. The topological polar surface area (TPSA) is 115 Å². The number of hydrogen-bond acceptors (Lipinski definition) is 8. The molecular formula is C35H33N3O6S2. The number of nitrogens with zero attached hydrogens (tertiary/aromatic N) is 2. The van der Waals surface area contributed by atoms with Gasteiger partial charge in [0.25, 0.3) is 0 Å². The number of thiazole rings is 1. The third-order valence-corrected chi connectivity index (χ3v) is 10.8. The van der Waals surface area contributed by atoms with Gasteiger partial charge in [0.15, 0.2) is 0 Å². The van der Waals surface area contributed by atoms with Gasteiger partial charge in [-0.15, -0.1) is 0 Å². The van der Waals surface area contributed by atoms with Crippen LogP contribution in [0.25, 0.3) is 0 Å². The van der Waals surface area contributed by atoms with Crippen LogP contribution in [-0.4, -0.2) is 40.1 Å². The summed E-state index contributed by atoms with van der Waals surface area (Å²) in [5.74, 6) is -2.81. The summed E-state index contributed by atoms with van der Waals surface area (Å²) in [7, 11) is 0. The van der Waals surface area contributed by atoms with Gasteiger partial charge in [-0.2, -0.15) is 0 Å². The van der Waals surface area contributed by atoms with Gasteiger partial charge in [0, 0.05) is 16.5 Å². The van der Waals surface area contributed by atoms with Gasteiger partial charge in [-0.3, -0.25) is 23.7 Å². The molecule has 2 unspecified atom stereocenters. The minimum absolute atomic E-state index is 0.0848. The number of nitrogens with one attached hydrogen (secondary N) is 1. The molecule has 2 aliphatic heterocycles. The van der Waals surface area contributed by atoms with E-state index in [1.54, 1.807) is 55.5 Å². The zero-order chi connectivity index (χ0) is 32.7. The molecule has 0 saturated carbocycles. The smallest absolute Gasteiger partial charge is 0.338 e. The largest absolute Gasteiger partial charge is 0.462 e. The summed E-state index contributed by atoms with van der Waals surface area (Å²) in [6.07, 6.45) is 0. The molecule has 3 heterocycles. The number of aromatic nitrogens is 1. The van der Waals surface area contributed by atoms with E-state index in [1.165, 1.54) is 21.2 Å². The lowest BCUT2D eigenvalue weighted by Gasteiger charge is -2.31. The highest BCUT2D eigenvalue weighted by Crippen LogP contribution is 2.54. The molecule has 11 heteroatoms. The molecule has 1 fully saturated rings. The van der Waals surface area contributed by atoms with E-state index in [9.17, 15) is 24.0 Å². The van der Waals surface area contributed by atoms with Crippen molar-refractivity contribution in [2.45, 2.75) is 55.8 Å². The van der Waals surface area contributed by atoms with Gasteiger partial charge >= 0.3 is 10.8 Å². The first-order valence-corrected chi connectivity index (χ1v) is 16.7. The number of carbonyl (C=O) groups is 4. The van der Waals surface area contributed by atoms with E-state index in [2.05, 4.69) is 26.1 Å². The molecule has 0 spiro atoms. The van der Waals surface area contributed by atoms with Crippen molar-refractivity contribution in [1.82, 2.24) is 4.57 Å². The van der Waals surface area contributed by atoms with Crippen LogP contribution < -0.4 is 15.1 Å². The minimum atomic E-state index is -0.772. The Hall–Kier alpha value is -4.48. The summed E-state index contributed by atoms with van der Waals surface area (Å²) in [4.78, 5) is 68.2. The van der Waals surface area contributed by atoms with Crippen molar-refractivity contribution in [2.75, 3.05) is 16.8 Å². The van der Waals surface area contributed by atoms with E-state index in [4.69, 9.17) is 4.74 Å². The fourth-order valence-electron chi connectivity index (χ4n) is 5.88. The van der Waals surface area contributed by atoms with Crippen LogP contribution in [0.5, 0.6) is 0 Å². The average molecular weight is 656 g/mol. The Morgan fingerprint density at radius 1 is 0.891 bits per heavy atom. The van der Waals surface area contributed by atoms with E-state index in [0.29, 0.717) is 26.8 Å². The van der Waals surface area contributed by atoms with Crippen LogP contribution in [0.15, 0.2) is 88.7 Å². The second-order valence-electron chi connectivity index (χ2n) is 12.2. The Bertz CT molecular complexity index is 1870. The molecule has 2 aliphatic rings. The Morgan fingerprint density at radius 3 is 2.20 bits per heavy atom. The van der Waals surface area contributed by atoms with Crippen molar-refractivity contribution in [1.29, 1.82) is 0 Å². The number of thioether (sulfide) groups is 1. The third-order valence-electron chi connectivity index (χ3n) is 8.18. The number of para-hydroxylation sites is 1. The lowest BCUT2D eigenvalue weighted by molar-refractivity contribution is -0.122. The molecule has 1 aromatic heterocycles. The van der Waals surface area contributed by atoms with Crippen LogP contribution in [0.2, 0.25) is 0 Å². The molecule has 3 atom stereocenters. The number of carbonyl (C=O) groups excluding carboxylic acids is 4. The summed E-state index contributed by atoms with van der Waals surface area (Å²) in [5, 5.41) is 2.53. The summed E-state index contributed by atoms with van der Waals surface area (Å²) in [6, 6.07) is 23.2. The number of ether oxygens (including phenoxy) is 1. The summed E-state index contributed by atoms with van der Waals surface area (Å²) >= 11 is 2.19. The summed E-state index contributed by atoms with van der Waals surface area (Å²) in [6.45, 7) is 8.06. The van der Waals surface area contributed by atoms with Crippen LogP contribution in [0.3, 0.4) is 0 Å². The van der Waals surface area contributed by atoms with Gasteiger partial charge in [0.2, 0.25) is 17.7 Å². The molecule has 0 radical (unpaired) electrons. The first kappa shape index (κ1) is 31.5. The van der Waals surface area contributed by atoms with E-state index in [1.807, 2.05) is 30.3 Å². The van der Waals surface area contributed by atoms with Crippen molar-refractivity contribution in [3.8, 4) is 0 Å². The highest BCUT2D eigenvalue weighted by molar-refractivity contribution is 8.00. The molecule has 9 nitrogen and oxygen atoms in total. The molecule has 0 bridgehead atoms. The molecule has 46 heavy (non-hydrogen) atoms. The fraction of sp³-hybridized carbons (Fsp3) is 0.286. The number of fused-ring (bicyclic) bond motifs is 2. The van der Waals surface area contributed by atoms with Crippen molar-refractivity contribution in [3.63, 3.8) is 0 Å². The second kappa shape index (κ2) is 12.4. The predicted molar refractivity (Wildman–Crippen MR) is 179 cm³/mol. The monoisotopic (exact) mass is 655 g/mol. The Balaban J connectivity index is 1.35. The Labute approximate surface area is 274 Å². The number of benzene rings is 3. The third kappa shape index (κ3) is 5.80. The standard InChI is InChI=1S/C35H33N3O6S2/c1-5-44-33(42)21-13-17-23(18-14-21)36-25(39)19-37-32-29(46-34(37)43)26(20-11-15-22(16-12-20)35(2,3)4)27-28(45-32)31(41)38(30(27)40)24-9-7-6-8-10-24/h6-18,26-28H,5,19H2,1-4H3,(H,36,39)/t26-,27?,28?/m1/s1. The maximum atomic E-state index is 14.1. The van der Waals surface area contributed by atoms with E-state index in [-0.39, 0.29) is 35.3 Å².